The summed E-state index contributed by atoms with van der Waals surface area (Å²) in [7, 11) is -3.90. The van der Waals surface area contributed by atoms with Crippen molar-refractivity contribution in [3.8, 4) is 0 Å². The molecule has 0 atom stereocenters. The van der Waals surface area contributed by atoms with E-state index in [4.69, 9.17) is 22.5 Å². The van der Waals surface area contributed by atoms with Gasteiger partial charge in [0.15, 0.2) is 10.7 Å². The van der Waals surface area contributed by atoms with Crippen LogP contribution in [0.25, 0.3) is 0 Å². The second kappa shape index (κ2) is 5.41. The molecule has 9 heteroatoms. The lowest BCUT2D eigenvalue weighted by atomic mass is 10.2. The summed E-state index contributed by atoms with van der Waals surface area (Å²) in [5.41, 5.74) is 5.71. The van der Waals surface area contributed by atoms with Crippen LogP contribution in [0, 0.1) is 19.7 Å². The van der Waals surface area contributed by atoms with Crippen LogP contribution >= 0.6 is 12.2 Å². The molecule has 0 aliphatic rings. The third-order valence-electron chi connectivity index (χ3n) is 2.72. The number of sulfonamides is 1. The first-order valence-electron chi connectivity index (χ1n) is 5.77. The fraction of sp³-hybridized carbons (Fsp3) is 0.167. The Kier molecular flexibility index (Phi) is 3.97. The van der Waals surface area contributed by atoms with E-state index < -0.39 is 15.8 Å². The summed E-state index contributed by atoms with van der Waals surface area (Å²) in [6.45, 7) is 3.00. The Bertz CT molecular complexity index is 796. The molecule has 112 valence electrons. The number of nitrogens with two attached hydrogens (primary N) is 1. The van der Waals surface area contributed by atoms with Crippen LogP contribution in [-0.4, -0.2) is 18.6 Å². The first-order valence-corrected chi connectivity index (χ1v) is 7.66. The minimum atomic E-state index is -3.90. The van der Waals surface area contributed by atoms with Gasteiger partial charge in [0.2, 0.25) is 0 Å². The molecule has 6 nitrogen and oxygen atoms in total. The van der Waals surface area contributed by atoms with Crippen LogP contribution in [0.4, 0.5) is 10.1 Å². The topological polar surface area (TPSA) is 98.2 Å². The Morgan fingerprint density at radius 2 is 2.10 bits per heavy atom. The van der Waals surface area contributed by atoms with E-state index >= 15 is 0 Å². The van der Waals surface area contributed by atoms with Gasteiger partial charge in [0.25, 0.3) is 10.0 Å². The van der Waals surface area contributed by atoms with Gasteiger partial charge in [-0.05, 0) is 32.0 Å². The van der Waals surface area contributed by atoms with Gasteiger partial charge in [-0.25, -0.2) is 12.8 Å². The highest BCUT2D eigenvalue weighted by molar-refractivity contribution is 7.92. The lowest BCUT2D eigenvalue weighted by Gasteiger charge is -2.09. The van der Waals surface area contributed by atoms with Crippen molar-refractivity contribution in [3.63, 3.8) is 0 Å². The summed E-state index contributed by atoms with van der Waals surface area (Å²) in [6, 6.07) is 3.58. The fourth-order valence-corrected chi connectivity index (χ4v) is 3.38. The number of hydrogen-bond acceptors (Lipinski definition) is 5. The van der Waals surface area contributed by atoms with Crippen LogP contribution in [0.1, 0.15) is 17.0 Å². The van der Waals surface area contributed by atoms with Crippen LogP contribution < -0.4 is 10.5 Å². The second-order valence-corrected chi connectivity index (χ2v) is 6.38. The number of thiocarbonyl (C=S) groups is 1. The Balaban J connectivity index is 2.42. The third-order valence-corrected chi connectivity index (χ3v) is 4.57. The number of nitrogens with one attached hydrogen (secondary N) is 1. The number of anilines is 1. The van der Waals surface area contributed by atoms with E-state index in [1.54, 1.807) is 0 Å². The van der Waals surface area contributed by atoms with E-state index in [1.807, 2.05) is 0 Å². The molecule has 0 saturated carbocycles. The number of aryl methyl sites for hydroxylation is 2. The maximum absolute atomic E-state index is 13.5. The van der Waals surface area contributed by atoms with Crippen LogP contribution in [0.15, 0.2) is 27.6 Å². The van der Waals surface area contributed by atoms with Crippen molar-refractivity contribution in [1.29, 1.82) is 0 Å². The van der Waals surface area contributed by atoms with Crippen molar-refractivity contribution in [1.82, 2.24) is 5.16 Å². The van der Waals surface area contributed by atoms with Crippen molar-refractivity contribution in [2.24, 2.45) is 5.73 Å². The number of halogens is 1. The van der Waals surface area contributed by atoms with Gasteiger partial charge in [0.05, 0.1) is 0 Å². The van der Waals surface area contributed by atoms with Gasteiger partial charge in [-0.3, -0.25) is 4.72 Å². The molecular formula is C12H12FN3O3S2. The number of aromatic nitrogens is 1. The summed E-state index contributed by atoms with van der Waals surface area (Å²) in [5.74, 6) is -0.459. The molecule has 2 rings (SSSR count). The highest BCUT2D eigenvalue weighted by Gasteiger charge is 2.24. The van der Waals surface area contributed by atoms with Crippen molar-refractivity contribution < 1.29 is 17.3 Å². The predicted molar refractivity (Wildman–Crippen MR) is 79.1 cm³/mol. The second-order valence-electron chi connectivity index (χ2n) is 4.32. The standard InChI is InChI=1S/C12H12FN3O3S2/c1-6-11(7(2)19-15-6)21(17,18)16-8-3-4-10(13)9(5-8)12(14)20/h3-5,16H,1-2H3,(H2,14,20). The molecule has 0 aliphatic carbocycles. The summed E-state index contributed by atoms with van der Waals surface area (Å²) in [5, 5.41) is 3.59. The number of nitrogens with zero attached hydrogens (tertiary/aromatic N) is 1. The van der Waals surface area contributed by atoms with E-state index in [0.29, 0.717) is 0 Å². The molecule has 3 N–H and O–H groups in total. The molecule has 1 heterocycles. The first kappa shape index (κ1) is 15.4. The summed E-state index contributed by atoms with van der Waals surface area (Å²) in [6.07, 6.45) is 0. The largest absolute Gasteiger partial charge is 0.389 e. The van der Waals surface area contributed by atoms with Crippen LogP contribution in [0.2, 0.25) is 0 Å². The number of rotatable bonds is 4. The third kappa shape index (κ3) is 3.03. The van der Waals surface area contributed by atoms with Crippen molar-refractivity contribution in [2.75, 3.05) is 4.72 Å². The Morgan fingerprint density at radius 3 is 2.62 bits per heavy atom. The zero-order chi connectivity index (χ0) is 15.8. The molecule has 0 aliphatic heterocycles. The predicted octanol–water partition coefficient (Wildman–Crippen LogP) is 1.87. The molecule has 0 unspecified atom stereocenters. The first-order chi connectivity index (χ1) is 9.72. The maximum Gasteiger partial charge on any atom is 0.267 e. The van der Waals surface area contributed by atoms with E-state index in [0.717, 1.165) is 6.07 Å². The fourth-order valence-electron chi connectivity index (χ4n) is 1.84. The van der Waals surface area contributed by atoms with Crippen molar-refractivity contribution in [3.05, 3.63) is 41.0 Å². The Labute approximate surface area is 126 Å². The average molecular weight is 329 g/mol. The lowest BCUT2D eigenvalue weighted by Crippen LogP contribution is -2.16. The summed E-state index contributed by atoms with van der Waals surface area (Å²) < 4.78 is 45.2. The molecule has 1 aromatic carbocycles. The molecule has 0 saturated heterocycles. The Morgan fingerprint density at radius 1 is 1.43 bits per heavy atom. The van der Waals surface area contributed by atoms with Crippen LogP contribution in [-0.2, 0) is 10.0 Å². The highest BCUT2D eigenvalue weighted by Crippen LogP contribution is 2.23. The molecule has 0 bridgehead atoms. The van der Waals surface area contributed by atoms with E-state index in [9.17, 15) is 12.8 Å². The molecule has 2 aromatic rings. The van der Waals surface area contributed by atoms with E-state index in [1.165, 1.54) is 26.0 Å². The number of benzene rings is 1. The number of hydrogen-bond donors (Lipinski definition) is 2. The van der Waals surface area contributed by atoms with Gasteiger partial charge >= 0.3 is 0 Å². The van der Waals surface area contributed by atoms with Gasteiger partial charge in [0, 0.05) is 11.3 Å². The Hall–Kier alpha value is -2.00. The lowest BCUT2D eigenvalue weighted by molar-refractivity contribution is 0.390. The minimum absolute atomic E-state index is 0.0380. The van der Waals surface area contributed by atoms with E-state index in [-0.39, 0.29) is 32.6 Å². The van der Waals surface area contributed by atoms with Crippen molar-refractivity contribution in [2.45, 2.75) is 18.7 Å². The van der Waals surface area contributed by atoms with Crippen molar-refractivity contribution >= 4 is 32.9 Å². The van der Waals surface area contributed by atoms with Gasteiger partial charge in [0.1, 0.15) is 16.5 Å². The average Bonchev–Trinajstić information content (AvgIpc) is 2.71. The van der Waals surface area contributed by atoms with Gasteiger partial charge in [-0.1, -0.05) is 17.4 Å². The normalized spacial score (nSPS) is 11.4. The molecule has 0 radical (unpaired) electrons. The quantitative estimate of drug-likeness (QED) is 0.831. The maximum atomic E-state index is 13.5. The molecule has 21 heavy (non-hydrogen) atoms. The smallest absolute Gasteiger partial charge is 0.267 e. The zero-order valence-electron chi connectivity index (χ0n) is 11.2. The SMILES string of the molecule is Cc1noc(C)c1S(=O)(=O)Nc1ccc(F)c(C(N)=S)c1. The molecular weight excluding hydrogens is 317 g/mol. The molecule has 0 spiro atoms. The molecule has 0 amide bonds. The van der Waals surface area contributed by atoms with Gasteiger partial charge in [-0.2, -0.15) is 0 Å². The van der Waals surface area contributed by atoms with Gasteiger partial charge < -0.3 is 10.3 Å². The van der Waals surface area contributed by atoms with Crippen LogP contribution in [0.5, 0.6) is 0 Å². The highest BCUT2D eigenvalue weighted by atomic mass is 32.2. The molecule has 0 fully saturated rings. The summed E-state index contributed by atoms with van der Waals surface area (Å²) >= 11 is 4.71. The van der Waals surface area contributed by atoms with Gasteiger partial charge in [-0.15, -0.1) is 0 Å². The minimum Gasteiger partial charge on any atom is -0.389 e. The summed E-state index contributed by atoms with van der Waals surface area (Å²) in [4.78, 5) is -0.213. The molecule has 1 aromatic heterocycles. The monoisotopic (exact) mass is 329 g/mol. The van der Waals surface area contributed by atoms with E-state index in [2.05, 4.69) is 9.88 Å². The van der Waals surface area contributed by atoms with Crippen LogP contribution in [0.3, 0.4) is 0 Å². The zero-order valence-corrected chi connectivity index (χ0v) is 12.8.